The van der Waals surface area contributed by atoms with Crippen molar-refractivity contribution in [1.29, 1.82) is 5.26 Å². The molecule has 0 aliphatic carbocycles. The second-order valence-electron chi connectivity index (χ2n) is 9.93. The maximum absolute atomic E-state index is 10.7. The van der Waals surface area contributed by atoms with Gasteiger partial charge in [-0.05, 0) is 46.2 Å². The number of nitrogens with zero attached hydrogens (tertiary/aromatic N) is 8. The van der Waals surface area contributed by atoms with Gasteiger partial charge in [0.15, 0.2) is 5.65 Å². The van der Waals surface area contributed by atoms with Gasteiger partial charge in [-0.2, -0.15) is 5.26 Å². The molecule has 1 fully saturated rings. The van der Waals surface area contributed by atoms with Crippen molar-refractivity contribution in [3.05, 3.63) is 48.2 Å². The van der Waals surface area contributed by atoms with Crippen LogP contribution in [0.3, 0.4) is 0 Å². The number of rotatable bonds is 4. The fourth-order valence-corrected chi connectivity index (χ4v) is 4.46. The first-order valence-electron chi connectivity index (χ1n) is 11.5. The number of imidazole rings is 1. The SMILES string of the molecule is Cc1cn2cc(-c3cnc(-c4cnc(N5CC[C@@H](NC(C)(C)C)C5)nn4)c(O)c3)cc(C#N)c2n1.Cl. The highest BCUT2D eigenvalue weighted by molar-refractivity contribution is 5.85. The maximum atomic E-state index is 10.7. The van der Waals surface area contributed by atoms with Crippen molar-refractivity contribution in [1.82, 2.24) is 34.9 Å². The van der Waals surface area contributed by atoms with Crippen molar-refractivity contribution >= 4 is 24.0 Å². The van der Waals surface area contributed by atoms with Crippen molar-refractivity contribution in [2.75, 3.05) is 18.0 Å². The summed E-state index contributed by atoms with van der Waals surface area (Å²) in [5.41, 5.74) is 4.02. The molecule has 11 heteroatoms. The number of pyridine rings is 2. The second-order valence-corrected chi connectivity index (χ2v) is 9.93. The van der Waals surface area contributed by atoms with E-state index in [-0.39, 0.29) is 23.7 Å². The highest BCUT2D eigenvalue weighted by Crippen LogP contribution is 2.31. The summed E-state index contributed by atoms with van der Waals surface area (Å²) in [7, 11) is 0. The van der Waals surface area contributed by atoms with Crippen LogP contribution in [0.25, 0.3) is 28.2 Å². The van der Waals surface area contributed by atoms with E-state index in [9.17, 15) is 10.4 Å². The lowest BCUT2D eigenvalue weighted by atomic mass is 10.1. The van der Waals surface area contributed by atoms with Gasteiger partial charge in [0.1, 0.15) is 23.2 Å². The third kappa shape index (κ3) is 5.08. The molecule has 0 aromatic carbocycles. The number of hydrogen-bond acceptors (Lipinski definition) is 9. The average molecular weight is 506 g/mol. The van der Waals surface area contributed by atoms with Gasteiger partial charge in [0.2, 0.25) is 5.95 Å². The molecule has 0 amide bonds. The minimum Gasteiger partial charge on any atom is -0.506 e. The summed E-state index contributed by atoms with van der Waals surface area (Å²) >= 11 is 0. The molecule has 1 saturated heterocycles. The summed E-state index contributed by atoms with van der Waals surface area (Å²) in [5, 5.41) is 32.4. The zero-order valence-electron chi connectivity index (χ0n) is 20.6. The van der Waals surface area contributed by atoms with E-state index >= 15 is 0 Å². The predicted molar refractivity (Wildman–Crippen MR) is 139 cm³/mol. The smallest absolute Gasteiger partial charge is 0.245 e. The zero-order valence-corrected chi connectivity index (χ0v) is 21.4. The van der Waals surface area contributed by atoms with Crippen LogP contribution in [0.15, 0.2) is 36.9 Å². The molecule has 4 aromatic rings. The van der Waals surface area contributed by atoms with Gasteiger partial charge >= 0.3 is 0 Å². The number of aromatic nitrogens is 6. The van der Waals surface area contributed by atoms with E-state index in [1.165, 1.54) is 0 Å². The Kier molecular flexibility index (Phi) is 6.80. The number of anilines is 1. The molecule has 186 valence electrons. The number of halogens is 1. The molecular weight excluding hydrogens is 478 g/mol. The Morgan fingerprint density at radius 2 is 1.92 bits per heavy atom. The summed E-state index contributed by atoms with van der Waals surface area (Å²) < 4.78 is 1.81. The summed E-state index contributed by atoms with van der Waals surface area (Å²) in [6.45, 7) is 10.0. The van der Waals surface area contributed by atoms with E-state index in [0.717, 1.165) is 30.8 Å². The topological polar surface area (TPSA) is 128 Å². The molecule has 0 bridgehead atoms. The average Bonchev–Trinajstić information content (AvgIpc) is 3.42. The minimum atomic E-state index is -0.0395. The Labute approximate surface area is 215 Å². The molecule has 1 aliphatic rings. The Morgan fingerprint density at radius 3 is 2.58 bits per heavy atom. The van der Waals surface area contributed by atoms with Crippen LogP contribution < -0.4 is 10.2 Å². The van der Waals surface area contributed by atoms with Crippen LogP contribution in [0.4, 0.5) is 5.95 Å². The van der Waals surface area contributed by atoms with Crippen LogP contribution in [-0.4, -0.2) is 59.3 Å². The first-order valence-corrected chi connectivity index (χ1v) is 11.5. The normalized spacial score (nSPS) is 15.6. The standard InChI is InChI=1S/C25H27N9O.ClH/c1-15-12-34-13-18(7-16(9-26)23(34)29-15)17-8-21(35)22(27-10-17)20-11-28-24(32-31-20)33-6-5-19(14-33)30-25(2,3)4;/h7-8,10-13,19,30,35H,5-6,14H2,1-4H3;1H/t19-;/m1./s1. The van der Waals surface area contributed by atoms with Crippen molar-refractivity contribution in [2.45, 2.75) is 45.7 Å². The van der Waals surface area contributed by atoms with Gasteiger partial charge in [-0.15, -0.1) is 22.6 Å². The van der Waals surface area contributed by atoms with Crippen molar-refractivity contribution in [3.8, 4) is 34.3 Å². The van der Waals surface area contributed by atoms with Gasteiger partial charge in [0.05, 0.1) is 17.5 Å². The Morgan fingerprint density at radius 1 is 1.11 bits per heavy atom. The first kappa shape index (κ1) is 25.3. The van der Waals surface area contributed by atoms with Crippen molar-refractivity contribution in [2.24, 2.45) is 0 Å². The number of hydrogen-bond donors (Lipinski definition) is 2. The fraction of sp³-hybridized carbons (Fsp3) is 0.360. The lowest BCUT2D eigenvalue weighted by molar-refractivity contribution is 0.373. The quantitative estimate of drug-likeness (QED) is 0.428. The molecule has 1 atom stereocenters. The van der Waals surface area contributed by atoms with Crippen molar-refractivity contribution < 1.29 is 5.11 Å². The van der Waals surface area contributed by atoms with Crippen LogP contribution in [0.5, 0.6) is 5.75 Å². The summed E-state index contributed by atoms with van der Waals surface area (Å²) in [4.78, 5) is 15.4. The summed E-state index contributed by atoms with van der Waals surface area (Å²) in [6, 6.07) is 5.91. The minimum absolute atomic E-state index is 0. The van der Waals surface area contributed by atoms with Gasteiger partial charge in [-0.25, -0.2) is 15.0 Å². The summed E-state index contributed by atoms with van der Waals surface area (Å²) in [6.07, 6.45) is 7.96. The van der Waals surface area contributed by atoms with Crippen LogP contribution in [-0.2, 0) is 0 Å². The van der Waals surface area contributed by atoms with Gasteiger partial charge in [-0.1, -0.05) is 0 Å². The van der Waals surface area contributed by atoms with E-state index in [1.807, 2.05) is 23.7 Å². The molecule has 36 heavy (non-hydrogen) atoms. The van der Waals surface area contributed by atoms with Crippen LogP contribution >= 0.6 is 12.4 Å². The lowest BCUT2D eigenvalue weighted by Crippen LogP contribution is -2.45. The van der Waals surface area contributed by atoms with Crippen LogP contribution in [0.1, 0.15) is 38.4 Å². The Hall–Kier alpha value is -3.81. The molecular formula is C25H28ClN9O. The van der Waals surface area contributed by atoms with Gasteiger partial charge < -0.3 is 19.7 Å². The van der Waals surface area contributed by atoms with E-state index < -0.39 is 0 Å². The molecule has 1 aliphatic heterocycles. The molecule has 2 N–H and O–H groups in total. The van der Waals surface area contributed by atoms with Gasteiger partial charge in [0, 0.05) is 54.4 Å². The third-order valence-electron chi connectivity index (χ3n) is 5.89. The van der Waals surface area contributed by atoms with E-state index in [2.05, 4.69) is 62.2 Å². The second kappa shape index (κ2) is 9.68. The van der Waals surface area contributed by atoms with E-state index in [1.54, 1.807) is 24.5 Å². The Balaban J connectivity index is 0.00000304. The predicted octanol–water partition coefficient (Wildman–Crippen LogP) is 3.52. The van der Waals surface area contributed by atoms with Gasteiger partial charge in [-0.3, -0.25) is 0 Å². The van der Waals surface area contributed by atoms with Crippen LogP contribution in [0, 0.1) is 18.3 Å². The highest BCUT2D eigenvalue weighted by Gasteiger charge is 2.27. The molecule has 0 radical (unpaired) electrons. The monoisotopic (exact) mass is 505 g/mol. The number of fused-ring (bicyclic) bond motifs is 1. The van der Waals surface area contributed by atoms with Crippen LogP contribution in [0.2, 0.25) is 0 Å². The number of aryl methyl sites for hydroxylation is 1. The first-order chi connectivity index (χ1) is 16.7. The molecule has 5 heterocycles. The molecule has 4 aromatic heterocycles. The number of nitriles is 1. The van der Waals surface area contributed by atoms with Gasteiger partial charge in [0.25, 0.3) is 0 Å². The molecule has 5 rings (SSSR count). The zero-order chi connectivity index (χ0) is 24.7. The number of aromatic hydroxyl groups is 1. The Bertz CT molecular complexity index is 1440. The summed E-state index contributed by atoms with van der Waals surface area (Å²) in [5.74, 6) is 0.526. The molecule has 10 nitrogen and oxygen atoms in total. The molecule has 0 saturated carbocycles. The lowest BCUT2D eigenvalue weighted by Gasteiger charge is -2.25. The number of nitrogens with one attached hydrogen (secondary N) is 1. The highest BCUT2D eigenvalue weighted by atomic mass is 35.5. The fourth-order valence-electron chi connectivity index (χ4n) is 4.46. The molecule has 0 spiro atoms. The maximum Gasteiger partial charge on any atom is 0.245 e. The van der Waals surface area contributed by atoms with E-state index in [0.29, 0.717) is 40.2 Å². The molecule has 0 unspecified atom stereocenters. The largest absolute Gasteiger partial charge is 0.506 e. The van der Waals surface area contributed by atoms with Crippen molar-refractivity contribution in [3.63, 3.8) is 0 Å². The third-order valence-corrected chi connectivity index (χ3v) is 5.89. The van der Waals surface area contributed by atoms with E-state index in [4.69, 9.17) is 0 Å².